The Labute approximate surface area is 140 Å². The molecule has 0 amide bonds. The van der Waals surface area contributed by atoms with Gasteiger partial charge in [-0.25, -0.2) is 0 Å². The number of hydrogen-bond donors (Lipinski definition) is 0. The molecule has 0 unspecified atom stereocenters. The molecular formula is C20H30O3. The monoisotopic (exact) mass is 318 g/mol. The number of esters is 1. The van der Waals surface area contributed by atoms with Gasteiger partial charge < -0.3 is 9.47 Å². The highest BCUT2D eigenvalue weighted by Gasteiger charge is 2.03. The zero-order chi connectivity index (χ0) is 16.9. The molecule has 3 nitrogen and oxygen atoms in total. The second kappa shape index (κ2) is 11.8. The van der Waals surface area contributed by atoms with Crippen LogP contribution in [-0.2, 0) is 9.53 Å². The van der Waals surface area contributed by atoms with Crippen LogP contribution in [0.2, 0.25) is 0 Å². The van der Waals surface area contributed by atoms with Gasteiger partial charge in [-0.05, 0) is 55.4 Å². The molecule has 0 spiro atoms. The maximum absolute atomic E-state index is 11.4. The van der Waals surface area contributed by atoms with E-state index >= 15 is 0 Å². The second-order valence-corrected chi connectivity index (χ2v) is 5.67. The van der Waals surface area contributed by atoms with E-state index < -0.39 is 0 Å². The molecular weight excluding hydrogens is 288 g/mol. The lowest BCUT2D eigenvalue weighted by Gasteiger charge is -2.08. The minimum atomic E-state index is -0.0697. The molecule has 0 saturated carbocycles. The Morgan fingerprint density at radius 1 is 1.04 bits per heavy atom. The molecule has 23 heavy (non-hydrogen) atoms. The van der Waals surface area contributed by atoms with Gasteiger partial charge in [-0.2, -0.15) is 0 Å². The normalized spacial score (nSPS) is 11.3. The Bertz CT molecular complexity index is 474. The zero-order valence-electron chi connectivity index (χ0n) is 14.8. The minimum Gasteiger partial charge on any atom is -0.497 e. The van der Waals surface area contributed by atoms with Crippen LogP contribution in [0.4, 0.5) is 0 Å². The average molecular weight is 318 g/mol. The molecule has 128 valence electrons. The van der Waals surface area contributed by atoms with Gasteiger partial charge in [0.05, 0.1) is 13.7 Å². The van der Waals surface area contributed by atoms with Gasteiger partial charge in [-0.15, -0.1) is 0 Å². The number of allylic oxidation sites excluding steroid dienone is 2. The van der Waals surface area contributed by atoms with E-state index in [1.54, 1.807) is 7.11 Å². The Kier molecular flexibility index (Phi) is 9.85. The highest BCUT2D eigenvalue weighted by Crippen LogP contribution is 2.23. The summed E-state index contributed by atoms with van der Waals surface area (Å²) < 4.78 is 10.3. The van der Waals surface area contributed by atoms with E-state index in [0.29, 0.717) is 13.0 Å². The molecule has 3 heteroatoms. The maximum atomic E-state index is 11.4. The quantitative estimate of drug-likeness (QED) is 0.405. The molecule has 0 aliphatic rings. The molecule has 0 N–H and O–H groups in total. The van der Waals surface area contributed by atoms with E-state index in [0.717, 1.165) is 44.3 Å². The number of carbonyl (C=O) groups excluding carboxylic acids is 1. The van der Waals surface area contributed by atoms with Crippen molar-refractivity contribution in [3.8, 4) is 5.75 Å². The Morgan fingerprint density at radius 3 is 2.39 bits per heavy atom. The number of hydrogen-bond acceptors (Lipinski definition) is 3. The van der Waals surface area contributed by atoms with Crippen molar-refractivity contribution in [2.75, 3.05) is 13.7 Å². The van der Waals surface area contributed by atoms with E-state index in [2.05, 4.69) is 25.1 Å². The van der Waals surface area contributed by atoms with Crippen LogP contribution in [0.25, 0.3) is 5.57 Å². The summed E-state index contributed by atoms with van der Waals surface area (Å²) in [6.45, 7) is 4.74. The molecule has 0 aliphatic heterocycles. The number of carbonyl (C=O) groups is 1. The maximum Gasteiger partial charge on any atom is 0.305 e. The fourth-order valence-electron chi connectivity index (χ4n) is 2.42. The van der Waals surface area contributed by atoms with Crippen LogP contribution < -0.4 is 4.74 Å². The summed E-state index contributed by atoms with van der Waals surface area (Å²) >= 11 is 0. The van der Waals surface area contributed by atoms with E-state index in [1.807, 2.05) is 19.1 Å². The van der Waals surface area contributed by atoms with Gasteiger partial charge in [0.2, 0.25) is 0 Å². The molecule has 1 aromatic rings. The van der Waals surface area contributed by atoms with Crippen molar-refractivity contribution in [3.05, 3.63) is 35.9 Å². The number of ether oxygens (including phenoxy) is 2. The van der Waals surface area contributed by atoms with Crippen molar-refractivity contribution in [3.63, 3.8) is 0 Å². The molecule has 0 radical (unpaired) electrons. The first-order valence-corrected chi connectivity index (χ1v) is 8.70. The third-order valence-corrected chi connectivity index (χ3v) is 3.67. The molecule has 0 bridgehead atoms. The van der Waals surface area contributed by atoms with Crippen LogP contribution in [0.3, 0.4) is 0 Å². The van der Waals surface area contributed by atoms with Gasteiger partial charge >= 0.3 is 5.97 Å². The van der Waals surface area contributed by atoms with Crippen molar-refractivity contribution >= 4 is 11.5 Å². The van der Waals surface area contributed by atoms with Crippen molar-refractivity contribution < 1.29 is 14.3 Å². The van der Waals surface area contributed by atoms with E-state index in [9.17, 15) is 4.79 Å². The lowest BCUT2D eigenvalue weighted by molar-refractivity contribution is -0.143. The van der Waals surface area contributed by atoms with E-state index in [-0.39, 0.29) is 5.97 Å². The Morgan fingerprint density at radius 2 is 1.78 bits per heavy atom. The topological polar surface area (TPSA) is 35.5 Å². The molecule has 0 fully saturated rings. The van der Waals surface area contributed by atoms with Crippen molar-refractivity contribution in [1.29, 1.82) is 0 Å². The first-order chi connectivity index (χ1) is 11.2. The first kappa shape index (κ1) is 19.3. The summed E-state index contributed by atoms with van der Waals surface area (Å²) in [6, 6.07) is 8.23. The van der Waals surface area contributed by atoms with E-state index in [4.69, 9.17) is 9.47 Å². The second-order valence-electron chi connectivity index (χ2n) is 5.67. The molecule has 0 aromatic heterocycles. The predicted octanol–water partition coefficient (Wildman–Crippen LogP) is 5.39. The SMILES string of the molecule is CCCOC(=O)CCCC/C=C(\CCC)c1ccc(OC)cc1. The lowest BCUT2D eigenvalue weighted by Crippen LogP contribution is -2.04. The molecule has 1 rings (SSSR count). The molecule has 0 atom stereocenters. The third-order valence-electron chi connectivity index (χ3n) is 3.67. The molecule has 0 saturated heterocycles. The summed E-state index contributed by atoms with van der Waals surface area (Å²) in [5, 5.41) is 0. The molecule has 0 heterocycles. The van der Waals surface area contributed by atoms with Crippen LogP contribution in [0.15, 0.2) is 30.3 Å². The third kappa shape index (κ3) is 7.87. The Hall–Kier alpha value is -1.77. The number of benzene rings is 1. The van der Waals surface area contributed by atoms with Crippen LogP contribution >= 0.6 is 0 Å². The van der Waals surface area contributed by atoms with Gasteiger partial charge in [-0.3, -0.25) is 4.79 Å². The summed E-state index contributed by atoms with van der Waals surface area (Å²) in [5.74, 6) is 0.815. The summed E-state index contributed by atoms with van der Waals surface area (Å²) in [4.78, 5) is 11.4. The predicted molar refractivity (Wildman–Crippen MR) is 95.6 cm³/mol. The van der Waals surface area contributed by atoms with Gasteiger partial charge in [0.1, 0.15) is 5.75 Å². The zero-order valence-corrected chi connectivity index (χ0v) is 14.8. The summed E-state index contributed by atoms with van der Waals surface area (Å²) in [6.07, 6.45) is 8.83. The first-order valence-electron chi connectivity index (χ1n) is 8.70. The summed E-state index contributed by atoms with van der Waals surface area (Å²) in [5.41, 5.74) is 2.64. The van der Waals surface area contributed by atoms with Crippen LogP contribution in [0, 0.1) is 0 Å². The Balaban J connectivity index is 2.44. The standard InChI is InChI=1S/C20H30O3/c1-4-9-17(18-12-14-19(22-3)15-13-18)10-7-6-8-11-20(21)23-16-5-2/h10,12-15H,4-9,11,16H2,1-3H3/b17-10+. The fraction of sp³-hybridized carbons (Fsp3) is 0.550. The fourth-order valence-corrected chi connectivity index (χ4v) is 2.42. The van der Waals surface area contributed by atoms with Crippen molar-refractivity contribution in [1.82, 2.24) is 0 Å². The smallest absolute Gasteiger partial charge is 0.305 e. The van der Waals surface area contributed by atoms with Crippen LogP contribution in [0.1, 0.15) is 64.4 Å². The van der Waals surface area contributed by atoms with Crippen molar-refractivity contribution in [2.45, 2.75) is 58.8 Å². The lowest BCUT2D eigenvalue weighted by atomic mass is 9.99. The highest BCUT2D eigenvalue weighted by molar-refractivity contribution is 5.69. The van der Waals surface area contributed by atoms with Crippen molar-refractivity contribution in [2.24, 2.45) is 0 Å². The number of unbranched alkanes of at least 4 members (excludes halogenated alkanes) is 2. The van der Waals surface area contributed by atoms with Gasteiger partial charge in [0.25, 0.3) is 0 Å². The number of methoxy groups -OCH3 is 1. The van der Waals surface area contributed by atoms with Gasteiger partial charge in [-0.1, -0.05) is 38.5 Å². The van der Waals surface area contributed by atoms with E-state index in [1.165, 1.54) is 11.1 Å². The minimum absolute atomic E-state index is 0.0697. The average Bonchev–Trinajstić information content (AvgIpc) is 2.58. The van der Waals surface area contributed by atoms with Crippen LogP contribution in [-0.4, -0.2) is 19.7 Å². The molecule has 0 aliphatic carbocycles. The largest absolute Gasteiger partial charge is 0.497 e. The summed E-state index contributed by atoms with van der Waals surface area (Å²) in [7, 11) is 1.68. The van der Waals surface area contributed by atoms with Gasteiger partial charge in [0.15, 0.2) is 0 Å². The highest BCUT2D eigenvalue weighted by atomic mass is 16.5. The van der Waals surface area contributed by atoms with Crippen LogP contribution in [0.5, 0.6) is 5.75 Å². The van der Waals surface area contributed by atoms with Gasteiger partial charge in [0, 0.05) is 6.42 Å². The molecule has 1 aromatic carbocycles. The number of rotatable bonds is 11.